The van der Waals surface area contributed by atoms with Crippen molar-refractivity contribution in [3.8, 4) is 5.75 Å². The van der Waals surface area contributed by atoms with E-state index in [9.17, 15) is 0 Å². The summed E-state index contributed by atoms with van der Waals surface area (Å²) >= 11 is 6.06. The predicted octanol–water partition coefficient (Wildman–Crippen LogP) is 5.37. The molecule has 0 bridgehead atoms. The summed E-state index contributed by atoms with van der Waals surface area (Å²) in [4.78, 5) is 0. The Morgan fingerprint density at radius 3 is 2.61 bits per heavy atom. The van der Waals surface area contributed by atoms with E-state index in [1.807, 2.05) is 0 Å². The van der Waals surface area contributed by atoms with Crippen molar-refractivity contribution in [3.63, 3.8) is 0 Å². The van der Waals surface area contributed by atoms with Crippen LogP contribution in [0.3, 0.4) is 0 Å². The van der Waals surface area contributed by atoms with Crippen LogP contribution in [0.25, 0.3) is 0 Å². The lowest BCUT2D eigenvalue weighted by Gasteiger charge is -2.15. The summed E-state index contributed by atoms with van der Waals surface area (Å²) in [6.45, 7) is 3.68. The van der Waals surface area contributed by atoms with Crippen LogP contribution >= 0.6 is 38.5 Å². The molecule has 0 amide bonds. The molecule has 0 unspecified atom stereocenters. The number of hydrogen-bond acceptors (Lipinski definition) is 2. The van der Waals surface area contributed by atoms with Crippen LogP contribution in [0.1, 0.15) is 30.0 Å². The second-order valence-corrected chi connectivity index (χ2v) is 7.84. The van der Waals surface area contributed by atoms with Crippen LogP contribution in [0.5, 0.6) is 5.75 Å². The molecule has 122 valence electrons. The molecule has 1 aliphatic heterocycles. The maximum absolute atomic E-state index is 6.06. The fourth-order valence-electron chi connectivity index (χ4n) is 2.69. The largest absolute Gasteiger partial charge is 0.487 e. The first-order valence-electron chi connectivity index (χ1n) is 7.96. The van der Waals surface area contributed by atoms with Crippen molar-refractivity contribution in [2.75, 3.05) is 13.2 Å². The average Bonchev–Trinajstić information content (AvgIpc) is 3.06. The van der Waals surface area contributed by atoms with Crippen molar-refractivity contribution in [2.24, 2.45) is 0 Å². The van der Waals surface area contributed by atoms with Gasteiger partial charge in [-0.2, -0.15) is 0 Å². The van der Waals surface area contributed by atoms with Crippen LogP contribution in [-0.2, 0) is 17.6 Å². The molecule has 1 heterocycles. The lowest BCUT2D eigenvalue weighted by molar-refractivity contribution is 0.140. The van der Waals surface area contributed by atoms with E-state index in [1.54, 1.807) is 0 Å². The molecule has 0 aliphatic carbocycles. The Hall–Kier alpha value is -0.590. The highest BCUT2D eigenvalue weighted by Crippen LogP contribution is 2.31. The Morgan fingerprint density at radius 2 is 1.96 bits per heavy atom. The average molecular weight is 487 g/mol. The van der Waals surface area contributed by atoms with Gasteiger partial charge in [0, 0.05) is 10.9 Å². The van der Waals surface area contributed by atoms with E-state index in [0.717, 1.165) is 39.7 Å². The number of halogens is 2. The van der Waals surface area contributed by atoms with Gasteiger partial charge in [0.2, 0.25) is 0 Å². The molecule has 0 N–H and O–H groups in total. The van der Waals surface area contributed by atoms with Gasteiger partial charge in [0.05, 0.1) is 16.8 Å². The van der Waals surface area contributed by atoms with Gasteiger partial charge in [0.15, 0.2) is 0 Å². The second-order valence-electron chi connectivity index (χ2n) is 5.82. The van der Waals surface area contributed by atoms with Crippen LogP contribution in [0.15, 0.2) is 40.9 Å². The van der Waals surface area contributed by atoms with E-state index in [0.29, 0.717) is 6.61 Å². The van der Waals surface area contributed by atoms with E-state index in [4.69, 9.17) is 9.47 Å². The Balaban J connectivity index is 1.75. The molecule has 1 atom stereocenters. The Kier molecular flexibility index (Phi) is 5.99. The minimum absolute atomic E-state index is 0.183. The van der Waals surface area contributed by atoms with Gasteiger partial charge in [0.1, 0.15) is 11.9 Å². The maximum atomic E-state index is 6.06. The molecule has 1 aliphatic rings. The molecule has 0 aromatic heterocycles. The van der Waals surface area contributed by atoms with Gasteiger partial charge < -0.3 is 9.47 Å². The summed E-state index contributed by atoms with van der Waals surface area (Å²) in [6, 6.07) is 13.2. The van der Waals surface area contributed by atoms with Crippen LogP contribution in [0.4, 0.5) is 0 Å². The first-order chi connectivity index (χ1) is 11.2. The third-order valence-corrected chi connectivity index (χ3v) is 5.69. The van der Waals surface area contributed by atoms with Crippen LogP contribution in [0.2, 0.25) is 0 Å². The van der Waals surface area contributed by atoms with Crippen molar-refractivity contribution in [1.82, 2.24) is 0 Å². The molecular weight excluding hydrogens is 467 g/mol. The molecule has 4 heteroatoms. The number of rotatable bonds is 5. The highest BCUT2D eigenvalue weighted by molar-refractivity contribution is 14.1. The van der Waals surface area contributed by atoms with E-state index < -0.39 is 0 Å². The van der Waals surface area contributed by atoms with Crippen molar-refractivity contribution in [3.05, 3.63) is 61.1 Å². The lowest BCUT2D eigenvalue weighted by atomic mass is 10.0. The molecule has 23 heavy (non-hydrogen) atoms. The summed E-state index contributed by atoms with van der Waals surface area (Å²) in [5, 5.41) is 0. The Bertz CT molecular complexity index is 664. The topological polar surface area (TPSA) is 18.5 Å². The quantitative estimate of drug-likeness (QED) is 0.528. The normalized spacial score (nSPS) is 17.4. The zero-order valence-corrected chi connectivity index (χ0v) is 16.9. The fourth-order valence-corrected chi connectivity index (χ4v) is 3.81. The van der Waals surface area contributed by atoms with Crippen LogP contribution in [-0.4, -0.2) is 19.3 Å². The molecule has 2 nitrogen and oxygen atoms in total. The third-order valence-electron chi connectivity index (χ3n) is 4.11. The Labute approximate surface area is 159 Å². The van der Waals surface area contributed by atoms with E-state index in [1.165, 1.54) is 16.7 Å². The van der Waals surface area contributed by atoms with Gasteiger partial charge >= 0.3 is 0 Å². The maximum Gasteiger partial charge on any atom is 0.134 e. The standard InChI is InChI=1S/C19H20BrIO2/c1-2-13-3-5-14(6-4-13)9-15-10-18(21)19(11-17(15)20)23-16-7-8-22-12-16/h3-6,10-11,16H,2,7-9,12H2,1H3/t16-/m1/s1. The number of benzene rings is 2. The molecule has 0 spiro atoms. The van der Waals surface area contributed by atoms with Crippen LogP contribution < -0.4 is 4.74 Å². The van der Waals surface area contributed by atoms with E-state index in [2.05, 4.69) is 81.8 Å². The summed E-state index contributed by atoms with van der Waals surface area (Å²) in [6.07, 6.45) is 3.16. The number of aryl methyl sites for hydroxylation is 1. The third kappa shape index (κ3) is 4.48. The molecule has 3 rings (SSSR count). The molecule has 2 aromatic rings. The second kappa shape index (κ2) is 7.99. The van der Waals surface area contributed by atoms with Gasteiger partial charge in [-0.25, -0.2) is 0 Å². The molecule has 2 aromatic carbocycles. The van der Waals surface area contributed by atoms with Gasteiger partial charge in [-0.3, -0.25) is 0 Å². The fraction of sp³-hybridized carbons (Fsp3) is 0.368. The molecule has 0 radical (unpaired) electrons. The van der Waals surface area contributed by atoms with Gasteiger partial charge in [-0.05, 0) is 64.3 Å². The zero-order chi connectivity index (χ0) is 16.2. The highest BCUT2D eigenvalue weighted by atomic mass is 127. The SMILES string of the molecule is CCc1ccc(Cc2cc(I)c(O[C@@H]3CCOC3)cc2Br)cc1. The summed E-state index contributed by atoms with van der Waals surface area (Å²) in [5.41, 5.74) is 4.00. The minimum atomic E-state index is 0.183. The van der Waals surface area contributed by atoms with Gasteiger partial charge in [-0.15, -0.1) is 0 Å². The van der Waals surface area contributed by atoms with Crippen molar-refractivity contribution in [1.29, 1.82) is 0 Å². The highest BCUT2D eigenvalue weighted by Gasteiger charge is 2.19. The number of hydrogen-bond donors (Lipinski definition) is 0. The molecule has 1 fully saturated rings. The number of ether oxygens (including phenoxy) is 2. The summed E-state index contributed by atoms with van der Waals surface area (Å²) in [5.74, 6) is 0.943. The molecule has 0 saturated carbocycles. The summed E-state index contributed by atoms with van der Waals surface area (Å²) in [7, 11) is 0. The van der Waals surface area contributed by atoms with Gasteiger partial charge in [0.25, 0.3) is 0 Å². The Morgan fingerprint density at radius 1 is 1.22 bits per heavy atom. The summed E-state index contributed by atoms with van der Waals surface area (Å²) < 4.78 is 13.7. The van der Waals surface area contributed by atoms with E-state index >= 15 is 0 Å². The van der Waals surface area contributed by atoms with E-state index in [-0.39, 0.29) is 6.10 Å². The van der Waals surface area contributed by atoms with Crippen LogP contribution in [0, 0.1) is 3.57 Å². The van der Waals surface area contributed by atoms with Crippen molar-refractivity contribution in [2.45, 2.75) is 32.3 Å². The lowest BCUT2D eigenvalue weighted by Crippen LogP contribution is -2.16. The van der Waals surface area contributed by atoms with Gasteiger partial charge in [-0.1, -0.05) is 47.1 Å². The first-order valence-corrected chi connectivity index (χ1v) is 9.83. The smallest absolute Gasteiger partial charge is 0.134 e. The molecule has 1 saturated heterocycles. The molecular formula is C19H20BrIO2. The zero-order valence-electron chi connectivity index (χ0n) is 13.1. The van der Waals surface area contributed by atoms with Crippen molar-refractivity contribution < 1.29 is 9.47 Å². The first kappa shape index (κ1) is 17.2. The predicted molar refractivity (Wildman–Crippen MR) is 105 cm³/mol. The minimum Gasteiger partial charge on any atom is -0.487 e. The van der Waals surface area contributed by atoms with Crippen molar-refractivity contribution >= 4 is 38.5 Å². The monoisotopic (exact) mass is 486 g/mol.